The van der Waals surface area contributed by atoms with E-state index in [-0.39, 0.29) is 37.4 Å². The highest BCUT2D eigenvalue weighted by molar-refractivity contribution is 6.01. The van der Waals surface area contributed by atoms with Gasteiger partial charge < -0.3 is 14.4 Å². The Balaban J connectivity index is 1.57. The van der Waals surface area contributed by atoms with Gasteiger partial charge in [0, 0.05) is 24.2 Å². The van der Waals surface area contributed by atoms with Gasteiger partial charge in [-0.25, -0.2) is 4.79 Å². The van der Waals surface area contributed by atoms with Crippen molar-refractivity contribution in [1.82, 2.24) is 0 Å². The van der Waals surface area contributed by atoms with Crippen LogP contribution in [-0.4, -0.2) is 42.9 Å². The second-order valence-corrected chi connectivity index (χ2v) is 7.30. The molecule has 2 aromatic carbocycles. The molecule has 0 spiro atoms. The summed E-state index contributed by atoms with van der Waals surface area (Å²) in [7, 11) is 0. The molecule has 0 aromatic heterocycles. The van der Waals surface area contributed by atoms with Crippen molar-refractivity contribution in [2.75, 3.05) is 18.1 Å². The number of ketones is 1. The summed E-state index contributed by atoms with van der Waals surface area (Å²) in [4.78, 5) is 50.2. The van der Waals surface area contributed by atoms with Crippen LogP contribution in [-0.2, 0) is 19.1 Å². The average molecular weight is 409 g/mol. The lowest BCUT2D eigenvalue weighted by atomic mass is 10.1. The topological polar surface area (TPSA) is 90.0 Å². The summed E-state index contributed by atoms with van der Waals surface area (Å²) >= 11 is 0. The molecule has 0 bridgehead atoms. The first kappa shape index (κ1) is 21.2. The van der Waals surface area contributed by atoms with E-state index in [4.69, 9.17) is 9.47 Å². The molecule has 1 saturated heterocycles. The van der Waals surface area contributed by atoms with Crippen LogP contribution in [0.25, 0.3) is 0 Å². The van der Waals surface area contributed by atoms with Crippen molar-refractivity contribution in [2.24, 2.45) is 5.92 Å². The molecule has 1 atom stereocenters. The van der Waals surface area contributed by atoms with Crippen LogP contribution in [0.3, 0.4) is 0 Å². The smallest absolute Gasteiger partial charge is 0.338 e. The first-order chi connectivity index (χ1) is 14.3. The van der Waals surface area contributed by atoms with Gasteiger partial charge in [-0.2, -0.15) is 0 Å². The number of benzene rings is 2. The molecule has 1 unspecified atom stereocenters. The van der Waals surface area contributed by atoms with Crippen LogP contribution < -0.4 is 4.90 Å². The van der Waals surface area contributed by atoms with Crippen molar-refractivity contribution < 1.29 is 28.7 Å². The second-order valence-electron chi connectivity index (χ2n) is 7.30. The van der Waals surface area contributed by atoms with Crippen LogP contribution in [0, 0.1) is 5.92 Å². The number of anilines is 1. The second kappa shape index (κ2) is 9.35. The molecule has 7 heteroatoms. The van der Waals surface area contributed by atoms with Crippen molar-refractivity contribution in [3.63, 3.8) is 0 Å². The Morgan fingerprint density at radius 2 is 1.67 bits per heavy atom. The molecule has 0 N–H and O–H groups in total. The molecule has 1 aliphatic rings. The Bertz CT molecular complexity index is 936. The lowest BCUT2D eigenvalue weighted by molar-refractivity contribution is -0.147. The van der Waals surface area contributed by atoms with Gasteiger partial charge >= 0.3 is 11.9 Å². The molecule has 3 rings (SSSR count). The van der Waals surface area contributed by atoms with E-state index in [1.165, 1.54) is 4.90 Å². The van der Waals surface area contributed by atoms with Crippen molar-refractivity contribution >= 4 is 29.3 Å². The van der Waals surface area contributed by atoms with Gasteiger partial charge in [0.2, 0.25) is 5.91 Å². The number of amides is 1. The molecular weight excluding hydrogens is 386 g/mol. The third-order valence-corrected chi connectivity index (χ3v) is 4.66. The van der Waals surface area contributed by atoms with Gasteiger partial charge in [-0.05, 0) is 38.1 Å². The summed E-state index contributed by atoms with van der Waals surface area (Å²) in [5.74, 6) is -2.18. The zero-order valence-corrected chi connectivity index (χ0v) is 16.9. The van der Waals surface area contributed by atoms with Crippen LogP contribution in [0.1, 0.15) is 41.0 Å². The normalized spacial score (nSPS) is 15.9. The number of hydrogen-bond acceptors (Lipinski definition) is 6. The van der Waals surface area contributed by atoms with Crippen LogP contribution in [0.15, 0.2) is 54.6 Å². The predicted molar refractivity (Wildman–Crippen MR) is 109 cm³/mol. The van der Waals surface area contributed by atoms with Crippen LogP contribution in [0.4, 0.5) is 5.69 Å². The van der Waals surface area contributed by atoms with Gasteiger partial charge in [0.05, 0.1) is 17.6 Å². The number of nitrogens with zero attached hydrogens (tertiary/aromatic N) is 1. The molecule has 1 amide bonds. The quantitative estimate of drug-likeness (QED) is 0.516. The molecule has 7 nitrogen and oxygen atoms in total. The summed E-state index contributed by atoms with van der Waals surface area (Å²) in [5, 5.41) is 0. The first-order valence-corrected chi connectivity index (χ1v) is 9.71. The highest BCUT2D eigenvalue weighted by atomic mass is 16.5. The third kappa shape index (κ3) is 5.11. The van der Waals surface area contributed by atoms with E-state index in [1.807, 2.05) is 0 Å². The standard InChI is InChI=1S/C23H23NO6/c1-15(2)30-23(28)17-8-10-19(11-9-17)24-13-18(12-21(24)26)22(27)29-14-20(25)16-6-4-3-5-7-16/h3-11,15,18H,12-14H2,1-2H3. The van der Waals surface area contributed by atoms with E-state index in [2.05, 4.69) is 0 Å². The Labute approximate surface area is 174 Å². The number of hydrogen-bond donors (Lipinski definition) is 0. The maximum Gasteiger partial charge on any atom is 0.338 e. The van der Waals surface area contributed by atoms with Crippen molar-refractivity contribution in [2.45, 2.75) is 26.4 Å². The van der Waals surface area contributed by atoms with E-state index in [0.29, 0.717) is 16.8 Å². The van der Waals surface area contributed by atoms with Gasteiger partial charge in [-0.3, -0.25) is 14.4 Å². The maximum atomic E-state index is 12.4. The molecule has 0 saturated carbocycles. The zero-order valence-electron chi connectivity index (χ0n) is 16.9. The van der Waals surface area contributed by atoms with Crippen molar-refractivity contribution in [3.05, 3.63) is 65.7 Å². The number of carbonyl (C=O) groups excluding carboxylic acids is 4. The Morgan fingerprint density at radius 3 is 2.30 bits per heavy atom. The third-order valence-electron chi connectivity index (χ3n) is 4.66. The zero-order chi connectivity index (χ0) is 21.7. The highest BCUT2D eigenvalue weighted by Crippen LogP contribution is 2.26. The van der Waals surface area contributed by atoms with Crippen molar-refractivity contribution in [1.29, 1.82) is 0 Å². The van der Waals surface area contributed by atoms with Gasteiger partial charge in [0.1, 0.15) is 0 Å². The molecule has 2 aromatic rings. The SMILES string of the molecule is CC(C)OC(=O)c1ccc(N2CC(C(=O)OCC(=O)c3ccccc3)CC2=O)cc1. The number of ether oxygens (including phenoxy) is 2. The minimum atomic E-state index is -0.647. The van der Waals surface area contributed by atoms with Crippen LogP contribution in [0.2, 0.25) is 0 Å². The number of Topliss-reactive ketones (excluding diaryl/α,β-unsaturated/α-hetero) is 1. The summed E-state index contributed by atoms with van der Waals surface area (Å²) < 4.78 is 10.3. The summed E-state index contributed by atoms with van der Waals surface area (Å²) in [6, 6.07) is 15.0. The highest BCUT2D eigenvalue weighted by Gasteiger charge is 2.36. The minimum absolute atomic E-state index is 0.00943. The van der Waals surface area contributed by atoms with E-state index in [1.54, 1.807) is 68.4 Å². The van der Waals surface area contributed by atoms with E-state index < -0.39 is 17.9 Å². The fourth-order valence-corrected chi connectivity index (χ4v) is 3.14. The van der Waals surface area contributed by atoms with Gasteiger partial charge in [0.15, 0.2) is 12.4 Å². The Hall–Kier alpha value is -3.48. The van der Waals surface area contributed by atoms with Crippen molar-refractivity contribution in [3.8, 4) is 0 Å². The molecule has 1 heterocycles. The van der Waals surface area contributed by atoms with Gasteiger partial charge in [0.25, 0.3) is 0 Å². The summed E-state index contributed by atoms with van der Waals surface area (Å²) in [6.45, 7) is 3.33. The predicted octanol–water partition coefficient (Wildman–Crippen LogP) is 3.03. The molecule has 156 valence electrons. The van der Waals surface area contributed by atoms with E-state index >= 15 is 0 Å². The maximum absolute atomic E-state index is 12.4. The average Bonchev–Trinajstić information content (AvgIpc) is 3.13. The fraction of sp³-hybridized carbons (Fsp3) is 0.304. The summed E-state index contributed by atoms with van der Waals surface area (Å²) in [5.41, 5.74) is 1.43. The molecular formula is C23H23NO6. The molecule has 1 fully saturated rings. The Morgan fingerprint density at radius 1 is 1.00 bits per heavy atom. The number of esters is 2. The van der Waals surface area contributed by atoms with Gasteiger partial charge in [-0.15, -0.1) is 0 Å². The molecule has 1 aliphatic heterocycles. The van der Waals surface area contributed by atoms with E-state index in [9.17, 15) is 19.2 Å². The minimum Gasteiger partial charge on any atom is -0.459 e. The van der Waals surface area contributed by atoms with Gasteiger partial charge in [-0.1, -0.05) is 30.3 Å². The lowest BCUT2D eigenvalue weighted by Crippen LogP contribution is -2.27. The molecule has 0 radical (unpaired) electrons. The fourth-order valence-electron chi connectivity index (χ4n) is 3.14. The van der Waals surface area contributed by atoms with E-state index in [0.717, 1.165) is 0 Å². The Kier molecular flexibility index (Phi) is 6.61. The monoisotopic (exact) mass is 409 g/mol. The van der Waals surface area contributed by atoms with Crippen LogP contribution in [0.5, 0.6) is 0 Å². The lowest BCUT2D eigenvalue weighted by Gasteiger charge is -2.17. The van der Waals surface area contributed by atoms with Crippen LogP contribution >= 0.6 is 0 Å². The number of rotatable bonds is 7. The number of carbonyl (C=O) groups is 4. The first-order valence-electron chi connectivity index (χ1n) is 9.71. The molecule has 0 aliphatic carbocycles. The summed E-state index contributed by atoms with van der Waals surface area (Å²) in [6.07, 6.45) is -0.215. The molecule has 30 heavy (non-hydrogen) atoms. The largest absolute Gasteiger partial charge is 0.459 e.